The molecule has 4 heterocycles. The molecular formula is C33H23ClF9N5O5. The van der Waals surface area contributed by atoms with Crippen molar-refractivity contribution < 1.29 is 63.7 Å². The number of hydrogen-bond donors (Lipinski definition) is 1. The zero-order valence-corrected chi connectivity index (χ0v) is 27.7. The van der Waals surface area contributed by atoms with Gasteiger partial charge in [-0.25, -0.2) is 32.7 Å². The first-order chi connectivity index (χ1) is 24.7. The fraction of sp³-hybridized carbons (Fsp3) is 0.303. The highest BCUT2D eigenvalue weighted by Crippen LogP contribution is 2.43. The number of pyridine rings is 1. The Morgan fingerprint density at radius 1 is 1.00 bits per heavy atom. The van der Waals surface area contributed by atoms with Gasteiger partial charge in [0.05, 0.1) is 65.9 Å². The number of cyclic esters (lactones) is 1. The van der Waals surface area contributed by atoms with Crippen molar-refractivity contribution in [2.75, 3.05) is 25.1 Å². The smallest absolute Gasteiger partial charge is 0.416 e. The molecule has 0 radical (unpaired) electrons. The van der Waals surface area contributed by atoms with E-state index in [-0.39, 0.29) is 50.7 Å². The quantitative estimate of drug-likeness (QED) is 0.177. The second-order valence-electron chi connectivity index (χ2n) is 12.2. The predicted molar refractivity (Wildman–Crippen MR) is 167 cm³/mol. The number of rotatable bonds is 8. The minimum absolute atomic E-state index is 0.0108. The maximum absolute atomic E-state index is 15.6. The van der Waals surface area contributed by atoms with E-state index in [2.05, 4.69) is 15.0 Å². The highest BCUT2D eigenvalue weighted by atomic mass is 35.5. The van der Waals surface area contributed by atoms with Crippen LogP contribution < -0.4 is 9.64 Å². The molecule has 2 aliphatic rings. The van der Waals surface area contributed by atoms with Gasteiger partial charge < -0.3 is 19.5 Å². The van der Waals surface area contributed by atoms with E-state index in [1.165, 1.54) is 13.0 Å². The van der Waals surface area contributed by atoms with Gasteiger partial charge in [-0.1, -0.05) is 11.6 Å². The second kappa shape index (κ2) is 13.3. The van der Waals surface area contributed by atoms with Gasteiger partial charge in [-0.05, 0) is 48.9 Å². The standard InChI is InChI=1S/C33H23ClF9N5O5/c1-14-26(16-3-18(32(38,39)40)8-19(4-16)33(41,42)43)53-30(51)48(14)11-24-21(10-45-29(46-24)47-12-31(36,37)13-47)20-5-15(7-23(35)27(20)52-2)25-22(34)6-17(9-44-25)28(49)50/h3-10,14,26H,11-13H2,1-2H3,(H,49,50). The number of ether oxygens (including phenoxy) is 2. The number of methoxy groups -OCH3 is 1. The number of aromatic carboxylic acids is 1. The van der Waals surface area contributed by atoms with Crippen LogP contribution in [0.25, 0.3) is 22.4 Å². The summed E-state index contributed by atoms with van der Waals surface area (Å²) in [5.41, 5.74) is -4.42. The Morgan fingerprint density at radius 3 is 2.19 bits per heavy atom. The van der Waals surface area contributed by atoms with Crippen LogP contribution >= 0.6 is 11.6 Å². The van der Waals surface area contributed by atoms with Gasteiger partial charge in [-0.3, -0.25) is 9.88 Å². The van der Waals surface area contributed by atoms with Crippen LogP contribution in [0.1, 0.15) is 45.8 Å². The fourth-order valence-electron chi connectivity index (χ4n) is 5.93. The molecule has 280 valence electrons. The monoisotopic (exact) mass is 775 g/mol. The van der Waals surface area contributed by atoms with Gasteiger partial charge in [0.2, 0.25) is 5.95 Å². The molecule has 2 aromatic carbocycles. The number of nitrogens with zero attached hydrogens (tertiary/aromatic N) is 5. The van der Waals surface area contributed by atoms with Gasteiger partial charge in [-0.2, -0.15) is 26.3 Å². The Bertz CT molecular complexity index is 2090. The van der Waals surface area contributed by atoms with Gasteiger partial charge in [0.25, 0.3) is 5.92 Å². The first kappa shape index (κ1) is 37.4. The first-order valence-corrected chi connectivity index (χ1v) is 15.6. The van der Waals surface area contributed by atoms with Crippen molar-refractivity contribution in [1.82, 2.24) is 19.9 Å². The van der Waals surface area contributed by atoms with Crippen LogP contribution in [0.5, 0.6) is 5.75 Å². The lowest BCUT2D eigenvalue weighted by Gasteiger charge is -2.38. The maximum Gasteiger partial charge on any atom is 0.416 e. The van der Waals surface area contributed by atoms with E-state index in [1.807, 2.05) is 0 Å². The average Bonchev–Trinajstić information content (AvgIpc) is 3.34. The Kier molecular flexibility index (Phi) is 9.37. The molecule has 0 saturated carbocycles. The molecule has 2 unspecified atom stereocenters. The lowest BCUT2D eigenvalue weighted by molar-refractivity contribution is -0.143. The molecule has 0 spiro atoms. The third kappa shape index (κ3) is 7.34. The number of carboxylic acids is 1. The molecule has 2 aromatic heterocycles. The average molecular weight is 776 g/mol. The molecule has 10 nitrogen and oxygen atoms in total. The number of aromatic nitrogens is 3. The number of anilines is 1. The summed E-state index contributed by atoms with van der Waals surface area (Å²) in [5, 5.41) is 9.11. The Morgan fingerprint density at radius 2 is 1.64 bits per heavy atom. The maximum atomic E-state index is 15.6. The number of amides is 1. The summed E-state index contributed by atoms with van der Waals surface area (Å²) in [6.07, 6.45) is -11.1. The van der Waals surface area contributed by atoms with Gasteiger partial charge in [-0.15, -0.1) is 0 Å². The van der Waals surface area contributed by atoms with Crippen LogP contribution in [0.3, 0.4) is 0 Å². The molecule has 1 N–H and O–H groups in total. The molecule has 2 aliphatic heterocycles. The summed E-state index contributed by atoms with van der Waals surface area (Å²) in [6.45, 7) is -0.817. The SMILES string of the molecule is COc1c(F)cc(-c2ncc(C(=O)O)cc2Cl)cc1-c1cnc(N2CC(F)(F)C2)nc1CN1C(=O)OC(c2cc(C(F)(F)F)cc(C(F)(F)F)c2)C1C. The number of carboxylic acid groups (broad SMARTS) is 1. The topological polar surface area (TPSA) is 118 Å². The summed E-state index contributed by atoms with van der Waals surface area (Å²) >= 11 is 6.29. The van der Waals surface area contributed by atoms with E-state index >= 15 is 4.39 Å². The minimum Gasteiger partial charge on any atom is -0.493 e. The van der Waals surface area contributed by atoms with Crippen LogP contribution in [0, 0.1) is 5.82 Å². The lowest BCUT2D eigenvalue weighted by Crippen LogP contribution is -2.57. The van der Waals surface area contributed by atoms with Crippen molar-refractivity contribution >= 4 is 29.6 Å². The summed E-state index contributed by atoms with van der Waals surface area (Å²) in [5.74, 6) is -5.99. The van der Waals surface area contributed by atoms with Crippen LogP contribution in [0.2, 0.25) is 5.02 Å². The zero-order valence-electron chi connectivity index (χ0n) is 27.0. The van der Waals surface area contributed by atoms with E-state index in [1.54, 1.807) is 0 Å². The molecule has 6 rings (SSSR count). The highest BCUT2D eigenvalue weighted by Gasteiger charge is 2.46. The van der Waals surface area contributed by atoms with Gasteiger partial charge >= 0.3 is 24.4 Å². The molecule has 0 aliphatic carbocycles. The molecule has 2 saturated heterocycles. The highest BCUT2D eigenvalue weighted by molar-refractivity contribution is 6.33. The van der Waals surface area contributed by atoms with E-state index < -0.39 is 90.4 Å². The van der Waals surface area contributed by atoms with Crippen LogP contribution in [0.4, 0.5) is 50.3 Å². The molecule has 2 atom stereocenters. The molecular weight excluding hydrogens is 753 g/mol. The summed E-state index contributed by atoms with van der Waals surface area (Å²) in [4.78, 5) is 39.2. The fourth-order valence-corrected chi connectivity index (χ4v) is 6.20. The number of hydrogen-bond acceptors (Lipinski definition) is 8. The largest absolute Gasteiger partial charge is 0.493 e. The van der Waals surface area contributed by atoms with E-state index in [0.717, 1.165) is 41.4 Å². The van der Waals surface area contributed by atoms with Crippen molar-refractivity contribution in [2.24, 2.45) is 0 Å². The van der Waals surface area contributed by atoms with Crippen molar-refractivity contribution in [1.29, 1.82) is 0 Å². The van der Waals surface area contributed by atoms with Crippen molar-refractivity contribution in [3.05, 3.63) is 87.6 Å². The summed E-state index contributed by atoms with van der Waals surface area (Å²) in [7, 11) is 1.13. The first-order valence-electron chi connectivity index (χ1n) is 15.2. The van der Waals surface area contributed by atoms with Crippen molar-refractivity contribution in [2.45, 2.75) is 43.9 Å². The summed E-state index contributed by atoms with van der Waals surface area (Å²) < 4.78 is 136. The van der Waals surface area contributed by atoms with E-state index in [9.17, 15) is 49.8 Å². The van der Waals surface area contributed by atoms with Crippen LogP contribution in [0.15, 0.2) is 48.8 Å². The van der Waals surface area contributed by atoms with E-state index in [0.29, 0.717) is 12.1 Å². The van der Waals surface area contributed by atoms with Crippen LogP contribution in [-0.4, -0.2) is 69.2 Å². The third-order valence-corrected chi connectivity index (χ3v) is 8.82. The number of carbonyl (C=O) groups excluding carboxylic acids is 1. The van der Waals surface area contributed by atoms with Crippen LogP contribution in [-0.2, 0) is 23.6 Å². The Balaban J connectivity index is 1.44. The van der Waals surface area contributed by atoms with Crippen molar-refractivity contribution in [3.8, 4) is 28.1 Å². The molecule has 53 heavy (non-hydrogen) atoms. The summed E-state index contributed by atoms with van der Waals surface area (Å²) in [6, 6.07) is 2.97. The van der Waals surface area contributed by atoms with Gasteiger partial charge in [0, 0.05) is 29.1 Å². The number of alkyl halides is 8. The van der Waals surface area contributed by atoms with Gasteiger partial charge in [0.15, 0.2) is 11.6 Å². The normalized spacial score (nSPS) is 18.5. The molecule has 0 bridgehead atoms. The lowest BCUT2D eigenvalue weighted by atomic mass is 9.97. The van der Waals surface area contributed by atoms with Gasteiger partial charge in [0.1, 0.15) is 6.10 Å². The number of carbonyl (C=O) groups is 2. The molecule has 4 aromatic rings. The third-order valence-electron chi connectivity index (χ3n) is 8.53. The van der Waals surface area contributed by atoms with E-state index in [4.69, 9.17) is 21.1 Å². The zero-order chi connectivity index (χ0) is 38.8. The number of halogens is 10. The predicted octanol–water partition coefficient (Wildman–Crippen LogP) is 8.28. The second-order valence-corrected chi connectivity index (χ2v) is 12.6. The Hall–Kier alpha value is -5.33. The number of benzene rings is 2. The van der Waals surface area contributed by atoms with Crippen molar-refractivity contribution in [3.63, 3.8) is 0 Å². The Labute approximate surface area is 297 Å². The molecule has 1 amide bonds. The molecule has 2 fully saturated rings. The minimum atomic E-state index is -5.18. The molecule has 20 heteroatoms.